The molecule has 1 saturated carbocycles. The zero-order valence-electron chi connectivity index (χ0n) is 12.4. The normalized spacial score (nSPS) is 18.3. The Kier molecular flexibility index (Phi) is 3.47. The molecular formula is C16H20N4S. The third kappa shape index (κ3) is 2.60. The van der Waals surface area contributed by atoms with E-state index in [2.05, 4.69) is 15.7 Å². The van der Waals surface area contributed by atoms with Crippen LogP contribution in [0.5, 0.6) is 0 Å². The molecule has 0 spiro atoms. The predicted octanol–water partition coefficient (Wildman–Crippen LogP) is 2.75. The summed E-state index contributed by atoms with van der Waals surface area (Å²) in [6.45, 7) is 4.01. The molecule has 0 saturated heterocycles. The molecule has 2 aromatic heterocycles. The number of aromatic nitrogens is 3. The van der Waals surface area contributed by atoms with Gasteiger partial charge in [0.1, 0.15) is 10.8 Å². The monoisotopic (exact) mass is 300 g/mol. The van der Waals surface area contributed by atoms with Crippen LogP contribution in [0.4, 0.5) is 0 Å². The molecule has 1 aliphatic carbocycles. The highest BCUT2D eigenvalue weighted by Gasteiger charge is 2.27. The van der Waals surface area contributed by atoms with Crippen LogP contribution >= 0.6 is 11.3 Å². The molecule has 0 radical (unpaired) electrons. The van der Waals surface area contributed by atoms with Crippen molar-refractivity contribution in [2.75, 3.05) is 6.54 Å². The number of rotatable bonds is 3. The number of hydrogen-bond acceptors (Lipinski definition) is 5. The summed E-state index contributed by atoms with van der Waals surface area (Å²) in [5.74, 6) is 1.63. The van der Waals surface area contributed by atoms with Crippen LogP contribution in [0.15, 0.2) is 5.38 Å². The van der Waals surface area contributed by atoms with E-state index in [0.717, 1.165) is 42.5 Å². The molecule has 5 heteroatoms. The second-order valence-electron chi connectivity index (χ2n) is 6.06. The highest BCUT2D eigenvalue weighted by molar-refractivity contribution is 7.09. The average Bonchev–Trinajstić information content (AvgIpc) is 2.82. The molecule has 1 aliphatic heterocycles. The fourth-order valence-electron chi connectivity index (χ4n) is 3.14. The van der Waals surface area contributed by atoms with E-state index in [-0.39, 0.29) is 0 Å². The van der Waals surface area contributed by atoms with Crippen molar-refractivity contribution in [1.82, 2.24) is 20.3 Å². The third-order valence-corrected chi connectivity index (χ3v) is 5.45. The molecule has 0 bridgehead atoms. The summed E-state index contributed by atoms with van der Waals surface area (Å²) in [6.07, 6.45) is 5.73. The van der Waals surface area contributed by atoms with Crippen molar-refractivity contribution in [2.24, 2.45) is 0 Å². The van der Waals surface area contributed by atoms with Crippen LogP contribution in [-0.2, 0) is 19.4 Å². The maximum Gasteiger partial charge on any atom is 0.135 e. The Labute approximate surface area is 129 Å². The second kappa shape index (κ2) is 5.46. The molecule has 2 aliphatic rings. The molecule has 3 heterocycles. The number of nitrogens with zero attached hydrogens (tertiary/aromatic N) is 3. The molecule has 4 nitrogen and oxygen atoms in total. The number of hydrogen-bond donors (Lipinski definition) is 1. The highest BCUT2D eigenvalue weighted by atomic mass is 32.1. The number of fused-ring (bicyclic) bond motifs is 1. The first-order valence-electron chi connectivity index (χ1n) is 7.80. The lowest BCUT2D eigenvalue weighted by atomic mass is 9.80. The van der Waals surface area contributed by atoms with Crippen molar-refractivity contribution >= 4 is 11.3 Å². The SMILES string of the molecule is Cc1csc(Cc2nc3c(c(C4CCC4)n2)CNCC3)n1. The number of aryl methyl sites for hydroxylation is 1. The van der Waals surface area contributed by atoms with Gasteiger partial charge < -0.3 is 5.32 Å². The van der Waals surface area contributed by atoms with Crippen molar-refractivity contribution in [2.45, 2.75) is 51.5 Å². The minimum atomic E-state index is 0.665. The first-order valence-corrected chi connectivity index (χ1v) is 8.68. The van der Waals surface area contributed by atoms with Gasteiger partial charge in [0.2, 0.25) is 0 Å². The second-order valence-corrected chi connectivity index (χ2v) is 7.01. The lowest BCUT2D eigenvalue weighted by Gasteiger charge is -2.29. The largest absolute Gasteiger partial charge is 0.312 e. The van der Waals surface area contributed by atoms with E-state index in [1.807, 2.05) is 6.92 Å². The van der Waals surface area contributed by atoms with Crippen LogP contribution in [0.3, 0.4) is 0 Å². The Hall–Kier alpha value is -1.33. The average molecular weight is 300 g/mol. The summed E-state index contributed by atoms with van der Waals surface area (Å²) in [5, 5.41) is 6.69. The van der Waals surface area contributed by atoms with Crippen molar-refractivity contribution < 1.29 is 0 Å². The van der Waals surface area contributed by atoms with Crippen molar-refractivity contribution in [3.63, 3.8) is 0 Å². The Bertz CT molecular complexity index is 660. The van der Waals surface area contributed by atoms with Crippen molar-refractivity contribution in [3.8, 4) is 0 Å². The van der Waals surface area contributed by atoms with E-state index < -0.39 is 0 Å². The number of thiazole rings is 1. The smallest absolute Gasteiger partial charge is 0.135 e. The van der Waals surface area contributed by atoms with Crippen molar-refractivity contribution in [3.05, 3.63) is 38.9 Å². The molecule has 2 aromatic rings. The minimum absolute atomic E-state index is 0.665. The maximum absolute atomic E-state index is 4.93. The summed E-state index contributed by atoms with van der Waals surface area (Å²) in [7, 11) is 0. The van der Waals surface area contributed by atoms with E-state index in [9.17, 15) is 0 Å². The lowest BCUT2D eigenvalue weighted by Crippen LogP contribution is -2.29. The fraction of sp³-hybridized carbons (Fsp3) is 0.562. The van der Waals surface area contributed by atoms with Crippen LogP contribution < -0.4 is 5.32 Å². The molecule has 0 aromatic carbocycles. The zero-order valence-corrected chi connectivity index (χ0v) is 13.2. The highest BCUT2D eigenvalue weighted by Crippen LogP contribution is 2.38. The quantitative estimate of drug-likeness (QED) is 0.947. The zero-order chi connectivity index (χ0) is 14.2. The first kappa shape index (κ1) is 13.3. The molecule has 0 unspecified atom stereocenters. The van der Waals surface area contributed by atoms with E-state index >= 15 is 0 Å². The van der Waals surface area contributed by atoms with Gasteiger partial charge >= 0.3 is 0 Å². The minimum Gasteiger partial charge on any atom is -0.312 e. The van der Waals surface area contributed by atoms with Crippen LogP contribution in [0.1, 0.15) is 58.7 Å². The summed E-state index contributed by atoms with van der Waals surface area (Å²) in [5.41, 5.74) is 5.07. The van der Waals surface area contributed by atoms with Gasteiger partial charge in [0.15, 0.2) is 0 Å². The number of nitrogens with one attached hydrogen (secondary N) is 1. The van der Waals surface area contributed by atoms with E-state index in [1.165, 1.54) is 36.2 Å². The van der Waals surface area contributed by atoms with Gasteiger partial charge in [0.25, 0.3) is 0 Å². The standard InChI is InChI=1S/C16H20N4S/c1-10-9-21-15(18-10)7-14-19-13-5-6-17-8-12(13)16(20-14)11-3-2-4-11/h9,11,17H,2-8H2,1H3. The molecule has 21 heavy (non-hydrogen) atoms. The van der Waals surface area contributed by atoms with Gasteiger partial charge in [-0.05, 0) is 19.8 Å². The summed E-state index contributed by atoms with van der Waals surface area (Å²) in [4.78, 5) is 14.3. The van der Waals surface area contributed by atoms with E-state index in [1.54, 1.807) is 11.3 Å². The van der Waals surface area contributed by atoms with Crippen molar-refractivity contribution in [1.29, 1.82) is 0 Å². The molecule has 1 N–H and O–H groups in total. The Balaban J connectivity index is 1.70. The van der Waals surface area contributed by atoms with Crippen LogP contribution in [-0.4, -0.2) is 21.5 Å². The maximum atomic E-state index is 4.93. The van der Waals surface area contributed by atoms with Crippen LogP contribution in [0.25, 0.3) is 0 Å². The Morgan fingerprint density at radius 1 is 1.29 bits per heavy atom. The van der Waals surface area contributed by atoms with Gasteiger partial charge in [-0.3, -0.25) is 0 Å². The van der Waals surface area contributed by atoms with Crippen LogP contribution in [0, 0.1) is 6.92 Å². The summed E-state index contributed by atoms with van der Waals surface area (Å²) in [6, 6.07) is 0. The topological polar surface area (TPSA) is 50.7 Å². The summed E-state index contributed by atoms with van der Waals surface area (Å²) >= 11 is 1.71. The lowest BCUT2D eigenvalue weighted by molar-refractivity contribution is 0.402. The van der Waals surface area contributed by atoms with Gasteiger partial charge in [-0.2, -0.15) is 0 Å². The Morgan fingerprint density at radius 3 is 2.90 bits per heavy atom. The van der Waals surface area contributed by atoms with Gasteiger partial charge in [0.05, 0.1) is 17.8 Å². The molecule has 1 fully saturated rings. The third-order valence-electron chi connectivity index (χ3n) is 4.48. The molecule has 110 valence electrons. The summed E-state index contributed by atoms with van der Waals surface area (Å²) < 4.78 is 0. The predicted molar refractivity (Wildman–Crippen MR) is 83.7 cm³/mol. The molecule has 4 rings (SSSR count). The van der Waals surface area contributed by atoms with Gasteiger partial charge in [0, 0.05) is 42.1 Å². The Morgan fingerprint density at radius 2 is 2.19 bits per heavy atom. The fourth-order valence-corrected chi connectivity index (χ4v) is 3.91. The van der Waals surface area contributed by atoms with E-state index in [4.69, 9.17) is 9.97 Å². The van der Waals surface area contributed by atoms with Crippen LogP contribution in [0.2, 0.25) is 0 Å². The van der Waals surface area contributed by atoms with E-state index in [0.29, 0.717) is 5.92 Å². The first-order chi connectivity index (χ1) is 10.3. The van der Waals surface area contributed by atoms with Gasteiger partial charge in [-0.25, -0.2) is 15.0 Å². The van der Waals surface area contributed by atoms with Gasteiger partial charge in [-0.15, -0.1) is 11.3 Å². The molecular weight excluding hydrogens is 280 g/mol. The molecule has 0 atom stereocenters. The van der Waals surface area contributed by atoms with Gasteiger partial charge in [-0.1, -0.05) is 6.42 Å². The molecule has 0 amide bonds.